The zero-order chi connectivity index (χ0) is 56.4. The molecule has 0 saturated carbocycles. The van der Waals surface area contributed by atoms with Crippen molar-refractivity contribution in [1.82, 2.24) is 0 Å². The highest BCUT2D eigenvalue weighted by molar-refractivity contribution is 5.71. The summed E-state index contributed by atoms with van der Waals surface area (Å²) in [5.41, 5.74) is 0. The smallest absolute Gasteiger partial charge is 0.306 e. The lowest BCUT2D eigenvalue weighted by molar-refractivity contribution is -0.167. The second kappa shape index (κ2) is 65.3. The molecule has 0 aromatic rings. The first-order valence-electron chi connectivity index (χ1n) is 32.5. The Balaban J connectivity index is 4.40. The van der Waals surface area contributed by atoms with Crippen LogP contribution >= 0.6 is 0 Å². The average molecular weight is 1080 g/mol. The minimum absolute atomic E-state index is 0.0933. The fourth-order valence-electron chi connectivity index (χ4n) is 8.79. The predicted octanol–water partition coefficient (Wildman–Crippen LogP) is 22.4. The Morgan fingerprint density at radius 3 is 0.821 bits per heavy atom. The monoisotopic (exact) mass is 1080 g/mol. The van der Waals surface area contributed by atoms with Crippen LogP contribution in [0.15, 0.2) is 122 Å². The molecule has 0 aliphatic carbocycles. The lowest BCUT2D eigenvalue weighted by Crippen LogP contribution is -2.30. The van der Waals surface area contributed by atoms with E-state index in [9.17, 15) is 14.4 Å². The fraction of sp³-hybridized carbons (Fsp3) is 0.681. The maximum absolute atomic E-state index is 12.9. The van der Waals surface area contributed by atoms with Gasteiger partial charge >= 0.3 is 17.9 Å². The Hall–Kier alpha value is -4.19. The maximum atomic E-state index is 12.9. The third kappa shape index (κ3) is 62.7. The van der Waals surface area contributed by atoms with Crippen molar-refractivity contribution in [3.8, 4) is 0 Å². The third-order valence-electron chi connectivity index (χ3n) is 13.7. The number of allylic oxidation sites excluding steroid dienone is 20. The quantitative estimate of drug-likeness (QED) is 0.0261. The van der Waals surface area contributed by atoms with Crippen LogP contribution in [0, 0.1) is 0 Å². The predicted molar refractivity (Wildman–Crippen MR) is 339 cm³/mol. The van der Waals surface area contributed by atoms with E-state index >= 15 is 0 Å². The number of hydrogen-bond acceptors (Lipinski definition) is 6. The van der Waals surface area contributed by atoms with Gasteiger partial charge in [0.15, 0.2) is 6.10 Å². The Kier molecular flexibility index (Phi) is 61.8. The number of hydrogen-bond donors (Lipinski definition) is 0. The summed E-state index contributed by atoms with van der Waals surface area (Å²) >= 11 is 0. The van der Waals surface area contributed by atoms with Crippen molar-refractivity contribution in [3.63, 3.8) is 0 Å². The molecule has 0 N–H and O–H groups in total. The Morgan fingerprint density at radius 1 is 0.269 bits per heavy atom. The minimum Gasteiger partial charge on any atom is -0.462 e. The summed E-state index contributed by atoms with van der Waals surface area (Å²) in [6, 6.07) is 0. The van der Waals surface area contributed by atoms with Gasteiger partial charge < -0.3 is 14.2 Å². The van der Waals surface area contributed by atoms with Gasteiger partial charge in [0, 0.05) is 19.3 Å². The van der Waals surface area contributed by atoms with Crippen molar-refractivity contribution < 1.29 is 28.6 Å². The van der Waals surface area contributed by atoms with Gasteiger partial charge in [-0.3, -0.25) is 14.4 Å². The molecule has 1 atom stereocenters. The van der Waals surface area contributed by atoms with Gasteiger partial charge in [0.25, 0.3) is 0 Å². The normalized spacial score (nSPS) is 12.9. The van der Waals surface area contributed by atoms with Crippen molar-refractivity contribution in [3.05, 3.63) is 122 Å². The highest BCUT2D eigenvalue weighted by atomic mass is 16.6. The summed E-state index contributed by atoms with van der Waals surface area (Å²) in [6.45, 7) is 6.46. The van der Waals surface area contributed by atoms with Crippen LogP contribution in [0.2, 0.25) is 0 Å². The molecule has 0 fully saturated rings. The lowest BCUT2D eigenvalue weighted by atomic mass is 10.1. The number of carbonyl (C=O) groups excluding carboxylic acids is 3. The zero-order valence-corrected chi connectivity index (χ0v) is 50.9. The summed E-state index contributed by atoms with van der Waals surface area (Å²) in [5.74, 6) is -0.921. The molecule has 0 rings (SSSR count). The number of carbonyl (C=O) groups is 3. The van der Waals surface area contributed by atoms with Gasteiger partial charge in [-0.15, -0.1) is 0 Å². The second-order valence-electron chi connectivity index (χ2n) is 21.3. The highest BCUT2D eigenvalue weighted by Gasteiger charge is 2.19. The van der Waals surface area contributed by atoms with Crippen molar-refractivity contribution in [2.75, 3.05) is 13.2 Å². The Bertz CT molecular complexity index is 1620. The first-order chi connectivity index (χ1) is 38.5. The first kappa shape index (κ1) is 73.8. The summed E-state index contributed by atoms with van der Waals surface area (Å²) in [7, 11) is 0. The molecule has 6 nitrogen and oxygen atoms in total. The second-order valence-corrected chi connectivity index (χ2v) is 21.3. The van der Waals surface area contributed by atoms with Gasteiger partial charge in [-0.05, 0) is 128 Å². The van der Waals surface area contributed by atoms with E-state index in [-0.39, 0.29) is 31.1 Å². The lowest BCUT2D eigenvalue weighted by Gasteiger charge is -2.18. The topological polar surface area (TPSA) is 78.9 Å². The summed E-state index contributed by atoms with van der Waals surface area (Å²) in [4.78, 5) is 38.3. The maximum Gasteiger partial charge on any atom is 0.306 e. The molecule has 0 aromatic carbocycles. The van der Waals surface area contributed by atoms with Crippen LogP contribution < -0.4 is 0 Å². The van der Waals surface area contributed by atoms with E-state index in [1.165, 1.54) is 109 Å². The van der Waals surface area contributed by atoms with Crippen LogP contribution in [0.25, 0.3) is 0 Å². The molecule has 444 valence electrons. The van der Waals surface area contributed by atoms with E-state index in [0.29, 0.717) is 19.3 Å². The van der Waals surface area contributed by atoms with Gasteiger partial charge in [0.1, 0.15) is 13.2 Å². The van der Waals surface area contributed by atoms with Crippen molar-refractivity contribution in [1.29, 1.82) is 0 Å². The third-order valence-corrected chi connectivity index (χ3v) is 13.7. The minimum atomic E-state index is -0.798. The van der Waals surface area contributed by atoms with E-state index < -0.39 is 6.10 Å². The molecular formula is C72H120O6. The SMILES string of the molecule is CC/C=C\C/C=C\C/C=C\C/C=C\C/C=C\CCCCCCCCCCCC(=O)OCC(COC(=O)CCCCCCC/C=C\C/C=C\CCCC)OC(=O)CCCCCCCC/C=C\C/C=C\C/C=C\CCCCCCC. The van der Waals surface area contributed by atoms with Crippen LogP contribution in [0.5, 0.6) is 0 Å². The van der Waals surface area contributed by atoms with E-state index in [2.05, 4.69) is 142 Å². The molecule has 0 amide bonds. The Morgan fingerprint density at radius 2 is 0.513 bits per heavy atom. The van der Waals surface area contributed by atoms with Crippen LogP contribution in [0.4, 0.5) is 0 Å². The molecular weight excluding hydrogens is 961 g/mol. The molecule has 0 saturated heterocycles. The highest BCUT2D eigenvalue weighted by Crippen LogP contribution is 2.15. The molecule has 1 unspecified atom stereocenters. The molecule has 0 aliphatic heterocycles. The zero-order valence-electron chi connectivity index (χ0n) is 50.9. The largest absolute Gasteiger partial charge is 0.462 e. The standard InChI is InChI=1S/C72H120O6/c1-4-7-10-13-16-19-22-25-28-30-32-34-35-36-37-39-40-42-44-47-50-53-56-59-62-65-71(74)77-68-69(67-76-70(73)64-61-58-55-52-49-46-27-24-21-18-15-12-9-6-3)78-72(75)66-63-60-57-54-51-48-45-43-41-38-33-31-29-26-23-20-17-14-11-8-5-2/h7,10,15-16,18-19,23-28,31-34,36-37,41,43,69H,4-6,8-9,11-14,17,20-22,29-30,35,38-40,42,44-68H2,1-3H3/b10-7-,18-15-,19-16-,26-23-,27-24-,28-25-,33-31-,34-32-,37-36-,43-41-. The fourth-order valence-corrected chi connectivity index (χ4v) is 8.79. The van der Waals surface area contributed by atoms with Crippen LogP contribution in [-0.4, -0.2) is 37.2 Å². The molecule has 0 aliphatic rings. The Labute approximate surface area is 482 Å². The molecule has 6 heteroatoms. The van der Waals surface area contributed by atoms with E-state index in [0.717, 1.165) is 148 Å². The van der Waals surface area contributed by atoms with Crippen molar-refractivity contribution in [2.24, 2.45) is 0 Å². The van der Waals surface area contributed by atoms with Crippen molar-refractivity contribution >= 4 is 17.9 Å². The number of esters is 3. The van der Waals surface area contributed by atoms with Crippen LogP contribution in [-0.2, 0) is 28.6 Å². The van der Waals surface area contributed by atoms with Crippen molar-refractivity contribution in [2.45, 2.75) is 303 Å². The number of rotatable bonds is 58. The number of ether oxygens (including phenoxy) is 3. The van der Waals surface area contributed by atoms with E-state index in [1.807, 2.05) is 0 Å². The molecule has 0 heterocycles. The summed E-state index contributed by atoms with van der Waals surface area (Å²) < 4.78 is 16.9. The van der Waals surface area contributed by atoms with Crippen LogP contribution in [0.3, 0.4) is 0 Å². The first-order valence-corrected chi connectivity index (χ1v) is 32.5. The summed E-state index contributed by atoms with van der Waals surface area (Å²) in [6.07, 6.45) is 90.5. The molecule has 0 radical (unpaired) electrons. The van der Waals surface area contributed by atoms with Gasteiger partial charge in [-0.2, -0.15) is 0 Å². The van der Waals surface area contributed by atoms with E-state index in [4.69, 9.17) is 14.2 Å². The molecule has 0 spiro atoms. The average Bonchev–Trinajstić information content (AvgIpc) is 3.44. The van der Waals surface area contributed by atoms with Crippen LogP contribution in [0.1, 0.15) is 297 Å². The van der Waals surface area contributed by atoms with Gasteiger partial charge in [0.05, 0.1) is 0 Å². The van der Waals surface area contributed by atoms with Gasteiger partial charge in [-0.1, -0.05) is 271 Å². The molecule has 0 aromatic heterocycles. The van der Waals surface area contributed by atoms with E-state index in [1.54, 1.807) is 0 Å². The van der Waals surface area contributed by atoms with Gasteiger partial charge in [0.2, 0.25) is 0 Å². The number of unbranched alkanes of at least 4 members (excludes halogenated alkanes) is 27. The van der Waals surface area contributed by atoms with Gasteiger partial charge in [-0.25, -0.2) is 0 Å². The molecule has 78 heavy (non-hydrogen) atoms. The summed E-state index contributed by atoms with van der Waals surface area (Å²) in [5, 5.41) is 0. The molecule has 0 bridgehead atoms.